The average Bonchev–Trinajstić information content (AvgIpc) is 2.61. The van der Waals surface area contributed by atoms with E-state index in [1.807, 2.05) is 36.4 Å². The Morgan fingerprint density at radius 2 is 1.88 bits per heavy atom. The number of ether oxygens (including phenoxy) is 2. The van der Waals surface area contributed by atoms with Crippen LogP contribution in [0.4, 0.5) is 5.69 Å². The zero-order valence-electron chi connectivity index (χ0n) is 14.1. The maximum atomic E-state index is 6.07. The number of benzene rings is 2. The molecule has 4 nitrogen and oxygen atoms in total. The van der Waals surface area contributed by atoms with Gasteiger partial charge in [-0.25, -0.2) is 0 Å². The lowest BCUT2D eigenvalue weighted by molar-refractivity contribution is 0.354. The highest BCUT2D eigenvalue weighted by atomic mass is 79.9. The minimum Gasteiger partial charge on any atom is -0.493 e. The van der Waals surface area contributed by atoms with Crippen molar-refractivity contribution in [3.63, 3.8) is 0 Å². The van der Waals surface area contributed by atoms with Crippen molar-refractivity contribution < 1.29 is 9.47 Å². The van der Waals surface area contributed by atoms with Gasteiger partial charge in [0.15, 0.2) is 16.6 Å². The molecule has 0 heterocycles. The lowest BCUT2D eigenvalue weighted by atomic mass is 10.1. The molecule has 134 valence electrons. The molecule has 0 atom stereocenters. The van der Waals surface area contributed by atoms with Crippen molar-refractivity contribution in [1.82, 2.24) is 5.32 Å². The zero-order valence-corrected chi connectivity index (χ0v) is 17.2. The molecular weight excluding hydrogens is 424 g/mol. The van der Waals surface area contributed by atoms with Crippen molar-refractivity contribution >= 4 is 50.5 Å². The van der Waals surface area contributed by atoms with E-state index in [9.17, 15) is 0 Å². The molecule has 2 aromatic carbocycles. The smallest absolute Gasteiger partial charge is 0.170 e. The number of nitrogens with one attached hydrogen (secondary N) is 2. The maximum absolute atomic E-state index is 6.07. The predicted molar refractivity (Wildman–Crippen MR) is 111 cm³/mol. The molecule has 2 N–H and O–H groups in total. The van der Waals surface area contributed by atoms with Crippen LogP contribution in [-0.2, 0) is 6.42 Å². The highest BCUT2D eigenvalue weighted by molar-refractivity contribution is 9.10. The molecule has 7 heteroatoms. The first-order chi connectivity index (χ1) is 12.0. The van der Waals surface area contributed by atoms with Crippen LogP contribution in [0.15, 0.2) is 40.9 Å². The summed E-state index contributed by atoms with van der Waals surface area (Å²) in [6, 6.07) is 11.6. The molecule has 0 saturated carbocycles. The van der Waals surface area contributed by atoms with Crippen LogP contribution in [0.1, 0.15) is 12.0 Å². The van der Waals surface area contributed by atoms with E-state index < -0.39 is 0 Å². The molecule has 0 spiro atoms. The average molecular weight is 444 g/mol. The van der Waals surface area contributed by atoms with E-state index in [-0.39, 0.29) is 0 Å². The number of methoxy groups -OCH3 is 2. The molecule has 2 aromatic rings. The van der Waals surface area contributed by atoms with Gasteiger partial charge in [0.05, 0.1) is 19.2 Å². The Labute approximate surface area is 167 Å². The zero-order chi connectivity index (χ0) is 18.2. The van der Waals surface area contributed by atoms with Crippen LogP contribution < -0.4 is 20.1 Å². The summed E-state index contributed by atoms with van der Waals surface area (Å²) in [5.41, 5.74) is 2.05. The summed E-state index contributed by atoms with van der Waals surface area (Å²) in [5, 5.41) is 7.53. The molecule has 0 aliphatic heterocycles. The van der Waals surface area contributed by atoms with Crippen molar-refractivity contribution in [2.45, 2.75) is 12.8 Å². The van der Waals surface area contributed by atoms with Crippen LogP contribution in [0.25, 0.3) is 0 Å². The number of hydrogen-bond acceptors (Lipinski definition) is 3. The third-order valence-corrected chi connectivity index (χ3v) is 5.03. The second-order valence-corrected chi connectivity index (χ2v) is 6.97. The first-order valence-electron chi connectivity index (χ1n) is 7.74. The van der Waals surface area contributed by atoms with Gasteiger partial charge in [-0.1, -0.05) is 17.7 Å². The van der Waals surface area contributed by atoms with Crippen LogP contribution in [0, 0.1) is 0 Å². The molecule has 0 aliphatic carbocycles. The number of hydrogen-bond donors (Lipinski definition) is 2. The Kier molecular flexibility index (Phi) is 7.81. The van der Waals surface area contributed by atoms with E-state index >= 15 is 0 Å². The SMILES string of the molecule is COc1ccc(CCCNC(=S)Nc2ccc(Br)c(Cl)c2)cc1OC. The van der Waals surface area contributed by atoms with Crippen LogP contribution in [0.2, 0.25) is 5.02 Å². The van der Waals surface area contributed by atoms with E-state index in [0.29, 0.717) is 10.1 Å². The third kappa shape index (κ3) is 6.06. The van der Waals surface area contributed by atoms with Crippen LogP contribution in [0.5, 0.6) is 11.5 Å². The van der Waals surface area contributed by atoms with Gasteiger partial charge in [-0.15, -0.1) is 0 Å². The first kappa shape index (κ1) is 19.8. The molecule has 0 bridgehead atoms. The Morgan fingerprint density at radius 1 is 1.12 bits per heavy atom. The summed E-state index contributed by atoms with van der Waals surface area (Å²) in [5.74, 6) is 1.49. The van der Waals surface area contributed by atoms with Gasteiger partial charge in [0, 0.05) is 16.7 Å². The summed E-state index contributed by atoms with van der Waals surface area (Å²) in [7, 11) is 3.27. The fourth-order valence-electron chi connectivity index (χ4n) is 2.28. The van der Waals surface area contributed by atoms with Crippen LogP contribution in [0.3, 0.4) is 0 Å². The van der Waals surface area contributed by atoms with Crippen molar-refractivity contribution in [1.29, 1.82) is 0 Å². The normalized spacial score (nSPS) is 10.2. The Morgan fingerprint density at radius 3 is 2.56 bits per heavy atom. The second kappa shape index (κ2) is 9.85. The van der Waals surface area contributed by atoms with Gasteiger partial charge in [-0.3, -0.25) is 0 Å². The monoisotopic (exact) mass is 442 g/mol. The predicted octanol–water partition coefficient (Wildman–Crippen LogP) is 5.04. The van der Waals surface area contributed by atoms with E-state index in [0.717, 1.165) is 41.0 Å². The standard InChI is InChI=1S/C18H20BrClN2O2S/c1-23-16-8-5-12(10-17(16)24-2)4-3-9-21-18(25)22-13-6-7-14(19)15(20)11-13/h5-8,10-11H,3-4,9H2,1-2H3,(H2,21,22,25). The molecule has 0 aromatic heterocycles. The van der Waals surface area contributed by atoms with Crippen molar-refractivity contribution in [2.75, 3.05) is 26.1 Å². The number of anilines is 1. The molecule has 0 unspecified atom stereocenters. The summed E-state index contributed by atoms with van der Waals surface area (Å²) in [4.78, 5) is 0. The molecule has 0 fully saturated rings. The number of thiocarbonyl (C=S) groups is 1. The van der Waals surface area contributed by atoms with Gasteiger partial charge in [-0.05, 0) is 76.9 Å². The maximum Gasteiger partial charge on any atom is 0.170 e. The largest absolute Gasteiger partial charge is 0.493 e. The van der Waals surface area contributed by atoms with E-state index in [4.69, 9.17) is 33.3 Å². The molecule has 25 heavy (non-hydrogen) atoms. The van der Waals surface area contributed by atoms with Gasteiger partial charge >= 0.3 is 0 Å². The molecule has 0 saturated heterocycles. The summed E-state index contributed by atoms with van der Waals surface area (Å²) in [6.45, 7) is 0.768. The molecule has 2 rings (SSSR count). The Balaban J connectivity index is 1.77. The minimum atomic E-state index is 0.575. The van der Waals surface area contributed by atoms with Gasteiger partial charge < -0.3 is 20.1 Å². The van der Waals surface area contributed by atoms with E-state index in [2.05, 4.69) is 26.6 Å². The number of aryl methyl sites for hydroxylation is 1. The number of halogens is 2. The Bertz CT molecular complexity index is 743. The number of rotatable bonds is 7. The third-order valence-electron chi connectivity index (χ3n) is 3.55. The van der Waals surface area contributed by atoms with Gasteiger partial charge in [0.25, 0.3) is 0 Å². The molecule has 0 amide bonds. The van der Waals surface area contributed by atoms with Crippen molar-refractivity contribution in [3.05, 3.63) is 51.5 Å². The molecule has 0 aliphatic rings. The molecule has 0 radical (unpaired) electrons. The summed E-state index contributed by atoms with van der Waals surface area (Å²) < 4.78 is 11.4. The van der Waals surface area contributed by atoms with Gasteiger partial charge in [0.2, 0.25) is 0 Å². The first-order valence-corrected chi connectivity index (χ1v) is 9.32. The van der Waals surface area contributed by atoms with Gasteiger partial charge in [0.1, 0.15) is 0 Å². The quantitative estimate of drug-likeness (QED) is 0.463. The summed E-state index contributed by atoms with van der Waals surface area (Å²) >= 11 is 14.7. The second-order valence-electron chi connectivity index (χ2n) is 5.30. The lowest BCUT2D eigenvalue weighted by Crippen LogP contribution is -2.29. The minimum absolute atomic E-state index is 0.575. The topological polar surface area (TPSA) is 42.5 Å². The fourth-order valence-corrected chi connectivity index (χ4v) is 2.93. The fraction of sp³-hybridized carbons (Fsp3) is 0.278. The van der Waals surface area contributed by atoms with E-state index in [1.54, 1.807) is 14.2 Å². The van der Waals surface area contributed by atoms with Crippen LogP contribution >= 0.6 is 39.7 Å². The highest BCUT2D eigenvalue weighted by Gasteiger charge is 2.05. The summed E-state index contributed by atoms with van der Waals surface area (Å²) in [6.07, 6.45) is 1.86. The van der Waals surface area contributed by atoms with Crippen molar-refractivity contribution in [2.24, 2.45) is 0 Å². The Hall–Kier alpha value is -1.50. The molecular formula is C18H20BrClN2O2S. The van der Waals surface area contributed by atoms with Crippen LogP contribution in [-0.4, -0.2) is 25.9 Å². The highest BCUT2D eigenvalue weighted by Crippen LogP contribution is 2.28. The van der Waals surface area contributed by atoms with E-state index in [1.165, 1.54) is 5.56 Å². The lowest BCUT2D eigenvalue weighted by Gasteiger charge is -2.12. The van der Waals surface area contributed by atoms with Crippen molar-refractivity contribution in [3.8, 4) is 11.5 Å². The van der Waals surface area contributed by atoms with Gasteiger partial charge in [-0.2, -0.15) is 0 Å².